The van der Waals surface area contributed by atoms with Gasteiger partial charge in [0.2, 0.25) is 0 Å². The maximum absolute atomic E-state index is 4.90. The summed E-state index contributed by atoms with van der Waals surface area (Å²) in [4.78, 5) is 9.81. The predicted octanol–water partition coefficient (Wildman–Crippen LogP) is 9.31. The van der Waals surface area contributed by atoms with Gasteiger partial charge in [-0.05, 0) is 79.7 Å². The quantitative estimate of drug-likeness (QED) is 0.371. The summed E-state index contributed by atoms with van der Waals surface area (Å²) in [6.45, 7) is 0. The fourth-order valence-corrected chi connectivity index (χ4v) is 7.00. The van der Waals surface area contributed by atoms with E-state index < -0.39 is 0 Å². The Morgan fingerprint density at radius 3 is 1.33 bits per heavy atom. The minimum Gasteiger partial charge on any atom is -0.285 e. The third-order valence-electron chi connectivity index (χ3n) is 9.10. The van der Waals surface area contributed by atoms with Crippen LogP contribution in [0.4, 0.5) is 0 Å². The van der Waals surface area contributed by atoms with Gasteiger partial charge in [0.15, 0.2) is 0 Å². The maximum Gasteiger partial charge on any atom is 0.0938 e. The molecule has 2 heterocycles. The second kappa shape index (κ2) is 10.5. The third kappa shape index (κ3) is 4.35. The number of benzene rings is 2. The fraction of sp³-hybridized carbons (Fsp3) is 0.150. The van der Waals surface area contributed by atoms with Gasteiger partial charge in [-0.3, -0.25) is 9.98 Å². The molecule has 0 amide bonds. The minimum absolute atomic E-state index is 0.0968. The predicted molar refractivity (Wildman–Crippen MR) is 178 cm³/mol. The van der Waals surface area contributed by atoms with E-state index in [1.807, 2.05) is 0 Å². The summed E-state index contributed by atoms with van der Waals surface area (Å²) >= 11 is 0. The standard InChI is InChI=1S/C40H32N2/c1-3-9-33-29(7-1)23-25-41-37-13-5-11-35(39(33)37)31-19-15-27(16-20-31)28-17-21-32(22-18-28)36-12-6-14-38-40(36)34-10-4-2-8-30(34)24-26-42-38/h1-8,11-22,25-26,37-38H,9-10,23-24H2. The Balaban J connectivity index is 1.09. The van der Waals surface area contributed by atoms with Crippen LogP contribution in [0.1, 0.15) is 36.8 Å². The zero-order valence-corrected chi connectivity index (χ0v) is 23.6. The van der Waals surface area contributed by atoms with Crippen LogP contribution >= 0.6 is 0 Å². The molecule has 0 saturated heterocycles. The average molecular weight is 541 g/mol. The number of hydrogen-bond acceptors (Lipinski definition) is 2. The Morgan fingerprint density at radius 1 is 0.452 bits per heavy atom. The molecule has 202 valence electrons. The highest BCUT2D eigenvalue weighted by molar-refractivity contribution is 5.89. The van der Waals surface area contributed by atoms with Gasteiger partial charge in [0.05, 0.1) is 12.1 Å². The summed E-state index contributed by atoms with van der Waals surface area (Å²) in [6.07, 6.45) is 34.6. The van der Waals surface area contributed by atoms with Crippen molar-refractivity contribution in [3.05, 3.63) is 166 Å². The number of nitrogens with zero attached hydrogens (tertiary/aromatic N) is 2. The number of allylic oxidation sites excluding steroid dienone is 14. The van der Waals surface area contributed by atoms with Crippen molar-refractivity contribution in [2.45, 2.75) is 37.8 Å². The zero-order valence-electron chi connectivity index (χ0n) is 23.6. The van der Waals surface area contributed by atoms with Crippen molar-refractivity contribution in [2.75, 3.05) is 0 Å². The number of aliphatic imine (C=N–C) groups is 2. The van der Waals surface area contributed by atoms with Crippen molar-refractivity contribution in [3.63, 3.8) is 0 Å². The lowest BCUT2D eigenvalue weighted by molar-refractivity contribution is 0.963. The van der Waals surface area contributed by atoms with Gasteiger partial charge < -0.3 is 0 Å². The molecule has 6 aliphatic rings. The first kappa shape index (κ1) is 24.9. The van der Waals surface area contributed by atoms with E-state index in [4.69, 9.17) is 9.98 Å². The molecule has 2 aromatic rings. The molecule has 2 atom stereocenters. The molecule has 0 fully saturated rings. The third-order valence-corrected chi connectivity index (χ3v) is 9.10. The van der Waals surface area contributed by atoms with Crippen molar-refractivity contribution < 1.29 is 0 Å². The highest BCUT2D eigenvalue weighted by atomic mass is 14.8. The number of hydrogen-bond donors (Lipinski definition) is 0. The molecule has 2 heteroatoms. The van der Waals surface area contributed by atoms with E-state index in [1.54, 1.807) is 0 Å². The van der Waals surface area contributed by atoms with E-state index >= 15 is 0 Å². The molecule has 2 aromatic carbocycles. The molecule has 42 heavy (non-hydrogen) atoms. The monoisotopic (exact) mass is 540 g/mol. The lowest BCUT2D eigenvalue weighted by Crippen LogP contribution is -2.13. The van der Waals surface area contributed by atoms with Crippen LogP contribution in [0.5, 0.6) is 0 Å². The number of rotatable bonds is 3. The van der Waals surface area contributed by atoms with Crippen LogP contribution in [0.2, 0.25) is 0 Å². The first-order valence-corrected chi connectivity index (χ1v) is 15.0. The van der Waals surface area contributed by atoms with Gasteiger partial charge in [-0.2, -0.15) is 0 Å². The Kier molecular flexibility index (Phi) is 6.26. The lowest BCUT2D eigenvalue weighted by Gasteiger charge is -2.25. The Hall–Kier alpha value is -4.82. The topological polar surface area (TPSA) is 24.7 Å². The van der Waals surface area contributed by atoms with E-state index in [-0.39, 0.29) is 12.1 Å². The fourth-order valence-electron chi connectivity index (χ4n) is 7.00. The molecule has 0 N–H and O–H groups in total. The highest BCUT2D eigenvalue weighted by Crippen LogP contribution is 2.42. The molecular formula is C40H32N2. The van der Waals surface area contributed by atoms with Crippen LogP contribution in [0, 0.1) is 0 Å². The molecule has 8 rings (SSSR count). The molecule has 0 saturated carbocycles. The SMILES string of the molecule is C1=CCC2=C3C(c4ccc(-c5ccc(C6=CC=CC7N=CCC8=CC=CCC8=C67)cc5)cc4)=CC=CC3N=CCC2=C1. The van der Waals surface area contributed by atoms with Gasteiger partial charge >= 0.3 is 0 Å². The maximum atomic E-state index is 4.90. The van der Waals surface area contributed by atoms with Crippen molar-refractivity contribution in [1.82, 2.24) is 0 Å². The minimum atomic E-state index is 0.0968. The Morgan fingerprint density at radius 2 is 0.881 bits per heavy atom. The van der Waals surface area contributed by atoms with E-state index in [0.717, 1.165) is 25.7 Å². The highest BCUT2D eigenvalue weighted by Gasteiger charge is 2.27. The summed E-state index contributed by atoms with van der Waals surface area (Å²) < 4.78 is 0. The van der Waals surface area contributed by atoms with Crippen LogP contribution in [-0.4, -0.2) is 24.5 Å². The van der Waals surface area contributed by atoms with Gasteiger partial charge in [0, 0.05) is 25.3 Å². The molecular weight excluding hydrogens is 508 g/mol. The van der Waals surface area contributed by atoms with E-state index in [1.165, 1.54) is 66.8 Å². The lowest BCUT2D eigenvalue weighted by atomic mass is 9.81. The van der Waals surface area contributed by atoms with Crippen LogP contribution in [0.3, 0.4) is 0 Å². The second-order valence-corrected chi connectivity index (χ2v) is 11.5. The van der Waals surface area contributed by atoms with Crippen molar-refractivity contribution in [1.29, 1.82) is 0 Å². The molecule has 0 bridgehead atoms. The van der Waals surface area contributed by atoms with Gasteiger partial charge in [0.25, 0.3) is 0 Å². The first-order chi connectivity index (χ1) is 20.8. The number of fused-ring (bicyclic) bond motifs is 4. The summed E-state index contributed by atoms with van der Waals surface area (Å²) in [5.41, 5.74) is 15.9. The summed E-state index contributed by atoms with van der Waals surface area (Å²) in [5, 5.41) is 0. The van der Waals surface area contributed by atoms with Gasteiger partial charge in [-0.25, -0.2) is 0 Å². The second-order valence-electron chi connectivity index (χ2n) is 11.5. The van der Waals surface area contributed by atoms with Crippen LogP contribution in [0.15, 0.2) is 165 Å². The summed E-state index contributed by atoms with van der Waals surface area (Å²) in [7, 11) is 0. The van der Waals surface area contributed by atoms with E-state index in [2.05, 4.69) is 134 Å². The molecule has 2 aliphatic heterocycles. The average Bonchev–Trinajstić information content (AvgIpc) is 3.37. The summed E-state index contributed by atoms with van der Waals surface area (Å²) in [5.74, 6) is 0. The molecule has 0 spiro atoms. The molecule has 0 aromatic heterocycles. The van der Waals surface area contributed by atoms with Crippen molar-refractivity contribution in [3.8, 4) is 11.1 Å². The van der Waals surface area contributed by atoms with Crippen molar-refractivity contribution in [2.24, 2.45) is 9.98 Å². The molecule has 2 unspecified atom stereocenters. The summed E-state index contributed by atoms with van der Waals surface area (Å²) in [6, 6.07) is 18.3. The van der Waals surface area contributed by atoms with Crippen molar-refractivity contribution >= 4 is 23.6 Å². The zero-order chi connectivity index (χ0) is 27.9. The Labute approximate surface area is 248 Å². The van der Waals surface area contributed by atoms with Gasteiger partial charge in [-0.1, -0.05) is 121 Å². The van der Waals surface area contributed by atoms with Gasteiger partial charge in [0.1, 0.15) is 0 Å². The van der Waals surface area contributed by atoms with E-state index in [0.29, 0.717) is 0 Å². The largest absolute Gasteiger partial charge is 0.285 e. The van der Waals surface area contributed by atoms with Gasteiger partial charge in [-0.15, -0.1) is 0 Å². The first-order valence-electron chi connectivity index (χ1n) is 15.0. The van der Waals surface area contributed by atoms with E-state index in [9.17, 15) is 0 Å². The smallest absolute Gasteiger partial charge is 0.0938 e. The van der Waals surface area contributed by atoms with Crippen LogP contribution in [-0.2, 0) is 0 Å². The Bertz CT molecular complexity index is 1700. The van der Waals surface area contributed by atoms with Crippen LogP contribution in [0.25, 0.3) is 22.3 Å². The molecule has 2 nitrogen and oxygen atoms in total. The normalized spacial score (nSPS) is 23.6. The molecule has 0 radical (unpaired) electrons. The van der Waals surface area contributed by atoms with Crippen LogP contribution < -0.4 is 0 Å². The molecule has 4 aliphatic carbocycles.